The number of rotatable bonds is 13. The Labute approximate surface area is 447 Å². The lowest BCUT2D eigenvalue weighted by Gasteiger charge is -2.33. The van der Waals surface area contributed by atoms with E-state index in [-0.39, 0.29) is 0 Å². The molecule has 0 heterocycles. The molecule has 374 valence electrons. The summed E-state index contributed by atoms with van der Waals surface area (Å²) in [7, 11) is 0. The van der Waals surface area contributed by atoms with E-state index >= 15 is 0 Å². The van der Waals surface area contributed by atoms with E-state index in [0.29, 0.717) is 0 Å². The van der Waals surface area contributed by atoms with Crippen molar-refractivity contribution in [3.8, 4) is 11.1 Å². The van der Waals surface area contributed by atoms with Crippen LogP contribution in [-0.4, -0.2) is 20.4 Å². The summed E-state index contributed by atoms with van der Waals surface area (Å²) in [6, 6.07) is 102. The highest BCUT2D eigenvalue weighted by Crippen LogP contribution is 2.42. The maximum absolute atomic E-state index is 12.1. The topological polar surface area (TPSA) is 80.9 Å². The van der Waals surface area contributed by atoms with Crippen LogP contribution in [-0.2, 0) is 22.4 Å². The van der Waals surface area contributed by atoms with Crippen molar-refractivity contribution in [2.75, 3.05) is 0 Å². The molecule has 0 atom stereocenters. The third-order valence-corrected chi connectivity index (χ3v) is 14.2. The Morgan fingerprint density at radius 2 is 0.263 bits per heavy atom. The molecule has 0 saturated carbocycles. The van der Waals surface area contributed by atoms with Gasteiger partial charge in [-0.1, -0.05) is 329 Å². The number of hydrogen-bond acceptors (Lipinski definition) is 4. The van der Waals surface area contributed by atoms with E-state index in [9.17, 15) is 20.4 Å². The van der Waals surface area contributed by atoms with Crippen LogP contribution in [0.3, 0.4) is 0 Å². The number of aliphatic hydroxyl groups is 4. The zero-order valence-corrected chi connectivity index (χ0v) is 42.8. The first-order valence-electron chi connectivity index (χ1n) is 25.9. The molecule has 0 saturated heterocycles. The van der Waals surface area contributed by atoms with Crippen LogP contribution >= 0.6 is 0 Å². The van der Waals surface area contributed by atoms with Crippen molar-refractivity contribution in [3.05, 3.63) is 382 Å². The standard InChI is InChI=1S/C38H30O2.C32H26O2.C2H6/c39-37(31-13-5-1-6-14-31,32-15-7-2-8-16-32)35-25-21-29(22-26-35)30-23-27-36(28-24-30)38(40,33-17-9-3-10-18-33)34-19-11-4-12-20-34;33-31(25-13-5-1-6-14-25,26-15-7-2-8-16-26)29-21-23-30(24-22-29)32(34,27-17-9-3-10-18-27)28-19-11-4-12-20-28;1-2/h1-28,39-40H;1-24,33-34H;1-2H3. The van der Waals surface area contributed by atoms with Crippen molar-refractivity contribution >= 4 is 0 Å². The fourth-order valence-corrected chi connectivity index (χ4v) is 10.2. The molecule has 0 spiro atoms. The molecular weight excluding hydrogens is 929 g/mol. The summed E-state index contributed by atoms with van der Waals surface area (Å²) in [5.41, 5.74) is 6.36. The fraction of sp³-hybridized carbons (Fsp3) is 0.0833. The highest BCUT2D eigenvalue weighted by molar-refractivity contribution is 5.66. The van der Waals surface area contributed by atoms with Gasteiger partial charge < -0.3 is 20.4 Å². The van der Waals surface area contributed by atoms with Crippen LogP contribution in [0.5, 0.6) is 0 Å². The number of benzene rings is 11. The van der Waals surface area contributed by atoms with Gasteiger partial charge in [0.2, 0.25) is 0 Å². The first kappa shape index (κ1) is 52.1. The van der Waals surface area contributed by atoms with E-state index in [1.165, 1.54) is 0 Å². The average molecular weight is 991 g/mol. The van der Waals surface area contributed by atoms with E-state index in [0.717, 1.165) is 77.9 Å². The second-order valence-corrected chi connectivity index (χ2v) is 18.5. The second kappa shape index (κ2) is 23.6. The minimum absolute atomic E-state index is 0.733. The van der Waals surface area contributed by atoms with Crippen LogP contribution < -0.4 is 0 Å². The highest BCUT2D eigenvalue weighted by atomic mass is 16.3. The molecule has 0 aromatic heterocycles. The zero-order valence-electron chi connectivity index (χ0n) is 42.8. The maximum atomic E-state index is 12.1. The molecule has 4 nitrogen and oxygen atoms in total. The van der Waals surface area contributed by atoms with Gasteiger partial charge in [-0.15, -0.1) is 0 Å². The van der Waals surface area contributed by atoms with Gasteiger partial charge in [0.15, 0.2) is 0 Å². The molecule has 76 heavy (non-hydrogen) atoms. The highest BCUT2D eigenvalue weighted by Gasteiger charge is 2.38. The molecule has 0 fully saturated rings. The molecule has 0 aliphatic carbocycles. The SMILES string of the molecule is CC.OC(c1ccccc1)(c1ccccc1)c1ccc(-c2ccc(C(O)(c3ccccc3)c3ccccc3)cc2)cc1.OC(c1ccccc1)(c1ccccc1)c1ccc(C(O)(c2ccccc2)c2ccccc2)cc1. The summed E-state index contributed by atoms with van der Waals surface area (Å²) in [6.45, 7) is 4.00. The van der Waals surface area contributed by atoms with Crippen molar-refractivity contribution in [1.29, 1.82) is 0 Å². The maximum Gasteiger partial charge on any atom is 0.140 e. The van der Waals surface area contributed by atoms with Crippen molar-refractivity contribution in [2.24, 2.45) is 0 Å². The summed E-state index contributed by atoms with van der Waals surface area (Å²) in [5.74, 6) is 0. The Morgan fingerprint density at radius 3 is 0.395 bits per heavy atom. The Hall–Kier alpha value is -8.74. The van der Waals surface area contributed by atoms with Gasteiger partial charge in [-0.3, -0.25) is 0 Å². The molecule has 0 amide bonds. The van der Waals surface area contributed by atoms with E-state index in [2.05, 4.69) is 0 Å². The lowest BCUT2D eigenvalue weighted by Crippen LogP contribution is -2.31. The number of hydrogen-bond donors (Lipinski definition) is 4. The molecule has 11 rings (SSSR count). The largest absolute Gasteiger partial charge is 0.376 e. The van der Waals surface area contributed by atoms with Gasteiger partial charge in [0, 0.05) is 0 Å². The monoisotopic (exact) mass is 990 g/mol. The molecule has 4 heteroatoms. The quantitative estimate of drug-likeness (QED) is 0.0868. The van der Waals surface area contributed by atoms with E-state index in [4.69, 9.17) is 0 Å². The molecule has 11 aromatic carbocycles. The first-order chi connectivity index (χ1) is 37.2. The summed E-state index contributed by atoms with van der Waals surface area (Å²) in [4.78, 5) is 0. The molecule has 0 unspecified atom stereocenters. The van der Waals surface area contributed by atoms with E-state index in [1.807, 2.05) is 329 Å². The first-order valence-corrected chi connectivity index (χ1v) is 25.9. The van der Waals surface area contributed by atoms with Crippen molar-refractivity contribution in [3.63, 3.8) is 0 Å². The average Bonchev–Trinajstić information content (AvgIpc) is 3.54. The molecule has 0 aliphatic heterocycles. The molecule has 0 aliphatic rings. The van der Waals surface area contributed by atoms with Gasteiger partial charge in [-0.25, -0.2) is 0 Å². The van der Waals surface area contributed by atoms with Crippen molar-refractivity contribution in [1.82, 2.24) is 0 Å². The van der Waals surface area contributed by atoms with Crippen LogP contribution in [0.1, 0.15) is 80.6 Å². The third-order valence-electron chi connectivity index (χ3n) is 14.2. The lowest BCUT2D eigenvalue weighted by molar-refractivity contribution is 0.121. The predicted octanol–water partition coefficient (Wildman–Crippen LogP) is 15.2. The molecule has 4 N–H and O–H groups in total. The van der Waals surface area contributed by atoms with E-state index in [1.54, 1.807) is 0 Å². The van der Waals surface area contributed by atoms with Gasteiger partial charge in [0.1, 0.15) is 22.4 Å². The summed E-state index contributed by atoms with van der Waals surface area (Å²) in [5, 5.41) is 48.4. The summed E-state index contributed by atoms with van der Waals surface area (Å²) >= 11 is 0. The molecule has 0 radical (unpaired) electrons. The van der Waals surface area contributed by atoms with Crippen molar-refractivity contribution < 1.29 is 20.4 Å². The Balaban J connectivity index is 0.000000182. The van der Waals surface area contributed by atoms with Gasteiger partial charge in [0.05, 0.1) is 0 Å². The zero-order chi connectivity index (χ0) is 52.9. The van der Waals surface area contributed by atoms with Gasteiger partial charge in [-0.05, 0) is 77.9 Å². The minimum Gasteiger partial charge on any atom is -0.376 e. The molecule has 0 bridgehead atoms. The van der Waals surface area contributed by atoms with Gasteiger partial charge in [0.25, 0.3) is 0 Å². The third kappa shape index (κ3) is 10.4. The molecule has 11 aromatic rings. The lowest BCUT2D eigenvalue weighted by atomic mass is 9.77. The van der Waals surface area contributed by atoms with Crippen LogP contribution in [0.15, 0.2) is 315 Å². The Bertz CT molecular complexity index is 3070. The normalized spacial score (nSPS) is 11.6. The van der Waals surface area contributed by atoms with Crippen LogP contribution in [0.4, 0.5) is 0 Å². The fourth-order valence-electron chi connectivity index (χ4n) is 10.2. The van der Waals surface area contributed by atoms with Crippen LogP contribution in [0, 0.1) is 0 Å². The van der Waals surface area contributed by atoms with Crippen LogP contribution in [0.25, 0.3) is 11.1 Å². The smallest absolute Gasteiger partial charge is 0.140 e. The minimum atomic E-state index is -1.32. The second-order valence-electron chi connectivity index (χ2n) is 18.5. The summed E-state index contributed by atoms with van der Waals surface area (Å²) in [6.07, 6.45) is 0. The van der Waals surface area contributed by atoms with Gasteiger partial charge >= 0.3 is 0 Å². The molecular formula is C72H62O4. The van der Waals surface area contributed by atoms with Crippen LogP contribution in [0.2, 0.25) is 0 Å². The predicted molar refractivity (Wildman–Crippen MR) is 310 cm³/mol. The van der Waals surface area contributed by atoms with Gasteiger partial charge in [-0.2, -0.15) is 0 Å². The van der Waals surface area contributed by atoms with Crippen molar-refractivity contribution in [2.45, 2.75) is 36.3 Å². The Kier molecular flexibility index (Phi) is 16.2. The Morgan fingerprint density at radius 1 is 0.158 bits per heavy atom. The van der Waals surface area contributed by atoms with E-state index < -0.39 is 22.4 Å². The summed E-state index contributed by atoms with van der Waals surface area (Å²) < 4.78 is 0.